The van der Waals surface area contributed by atoms with Crippen molar-refractivity contribution >= 4 is 17.2 Å². The van der Waals surface area contributed by atoms with Crippen LogP contribution in [0.3, 0.4) is 0 Å². The molecule has 4 nitrogen and oxygen atoms in total. The Kier molecular flexibility index (Phi) is 4.39. The van der Waals surface area contributed by atoms with Gasteiger partial charge in [0.15, 0.2) is 0 Å². The second-order valence-electron chi connectivity index (χ2n) is 4.94. The Bertz CT molecular complexity index is 619. The van der Waals surface area contributed by atoms with Crippen LogP contribution in [-0.4, -0.2) is 10.8 Å². The molecule has 0 fully saturated rings. The maximum atomic E-state index is 7.62. The Morgan fingerprint density at radius 2 is 2.10 bits per heavy atom. The Balaban J connectivity index is 2.16. The van der Waals surface area contributed by atoms with Crippen molar-refractivity contribution in [3.8, 4) is 5.75 Å². The van der Waals surface area contributed by atoms with Gasteiger partial charge in [-0.05, 0) is 24.5 Å². The molecule has 0 saturated carbocycles. The minimum absolute atomic E-state index is 0.0772. The molecule has 2 rings (SSSR count). The number of ether oxygens (including phenoxy) is 1. The van der Waals surface area contributed by atoms with Crippen LogP contribution in [0.2, 0.25) is 0 Å². The van der Waals surface area contributed by atoms with E-state index in [2.05, 4.69) is 4.98 Å². The fraction of sp³-hybridized carbons (Fsp3) is 0.333. The number of benzene rings is 1. The molecule has 0 aliphatic rings. The zero-order valence-corrected chi connectivity index (χ0v) is 12.8. The van der Waals surface area contributed by atoms with E-state index in [0.29, 0.717) is 6.61 Å². The molecule has 0 aliphatic heterocycles. The fourth-order valence-corrected chi connectivity index (χ4v) is 2.88. The normalized spacial score (nSPS) is 10.8. The van der Waals surface area contributed by atoms with Crippen LogP contribution in [0.15, 0.2) is 24.3 Å². The van der Waals surface area contributed by atoms with Crippen LogP contribution in [0.1, 0.15) is 40.9 Å². The van der Waals surface area contributed by atoms with Gasteiger partial charge in [-0.2, -0.15) is 0 Å². The molecule has 106 valence electrons. The minimum atomic E-state index is 0.0772. The van der Waals surface area contributed by atoms with Crippen LogP contribution in [0, 0.1) is 12.3 Å². The molecule has 0 atom stereocenters. The van der Waals surface area contributed by atoms with E-state index in [4.69, 9.17) is 15.9 Å². The van der Waals surface area contributed by atoms with Crippen molar-refractivity contribution in [2.75, 3.05) is 0 Å². The third kappa shape index (κ3) is 3.17. The summed E-state index contributed by atoms with van der Waals surface area (Å²) in [5.74, 6) is 1.18. The van der Waals surface area contributed by atoms with Gasteiger partial charge in [-0.1, -0.05) is 32.0 Å². The van der Waals surface area contributed by atoms with Crippen molar-refractivity contribution in [1.82, 2.24) is 4.98 Å². The molecule has 1 aromatic heterocycles. The molecule has 3 N–H and O–H groups in total. The number of thiazole rings is 1. The highest BCUT2D eigenvalue weighted by atomic mass is 32.1. The first-order chi connectivity index (χ1) is 9.49. The first kappa shape index (κ1) is 14.5. The molecule has 0 aliphatic carbocycles. The van der Waals surface area contributed by atoms with E-state index >= 15 is 0 Å². The molecule has 0 radical (unpaired) electrons. The van der Waals surface area contributed by atoms with Crippen molar-refractivity contribution in [3.05, 3.63) is 45.4 Å². The molecule has 0 amide bonds. The number of nitrogens with zero attached hydrogens (tertiary/aromatic N) is 1. The van der Waals surface area contributed by atoms with E-state index in [-0.39, 0.29) is 11.8 Å². The quantitative estimate of drug-likeness (QED) is 0.654. The lowest BCUT2D eigenvalue weighted by atomic mass is 10.1. The molecular formula is C15H19N3OS. The highest BCUT2D eigenvalue weighted by molar-refractivity contribution is 7.13. The summed E-state index contributed by atoms with van der Waals surface area (Å²) >= 11 is 1.44. The van der Waals surface area contributed by atoms with Crippen molar-refractivity contribution in [2.45, 2.75) is 33.3 Å². The number of aromatic nitrogens is 1. The maximum absolute atomic E-state index is 7.62. The molecule has 1 aromatic carbocycles. The van der Waals surface area contributed by atoms with E-state index in [1.165, 1.54) is 11.3 Å². The number of hydrogen-bond acceptors (Lipinski definition) is 4. The summed E-state index contributed by atoms with van der Waals surface area (Å²) in [5, 5.41) is 8.47. The Morgan fingerprint density at radius 3 is 2.65 bits per heavy atom. The van der Waals surface area contributed by atoms with Crippen LogP contribution in [0.25, 0.3) is 0 Å². The van der Waals surface area contributed by atoms with Crippen LogP contribution in [0.5, 0.6) is 5.75 Å². The lowest BCUT2D eigenvalue weighted by Gasteiger charge is -2.06. The molecule has 0 unspecified atom stereocenters. The minimum Gasteiger partial charge on any atom is -0.486 e. The molecule has 0 saturated heterocycles. The van der Waals surface area contributed by atoms with Crippen LogP contribution >= 0.6 is 11.3 Å². The molecular weight excluding hydrogens is 270 g/mol. The number of nitrogen functional groups attached to an aromatic ring is 1. The first-order valence-corrected chi connectivity index (χ1v) is 7.33. The Hall–Kier alpha value is -1.88. The summed E-state index contributed by atoms with van der Waals surface area (Å²) in [6.07, 6.45) is 0. The van der Waals surface area contributed by atoms with Crippen LogP contribution in [0.4, 0.5) is 0 Å². The first-order valence-electron chi connectivity index (χ1n) is 6.51. The smallest absolute Gasteiger partial charge is 0.140 e. The highest BCUT2D eigenvalue weighted by Crippen LogP contribution is 2.26. The standard InChI is InChI=1S/C15H19N3OS/c1-9(2)13-14(15(16)17)20-12(18-13)8-19-11-7-5-4-6-10(11)3/h4-7,9H,8H2,1-3H3,(H3,16,17). The lowest BCUT2D eigenvalue weighted by Crippen LogP contribution is -2.12. The molecule has 1 heterocycles. The molecule has 0 bridgehead atoms. The number of rotatable bonds is 5. The lowest BCUT2D eigenvalue weighted by molar-refractivity contribution is 0.303. The number of nitrogens with two attached hydrogens (primary N) is 1. The van der Waals surface area contributed by atoms with Gasteiger partial charge in [-0.3, -0.25) is 5.41 Å². The zero-order chi connectivity index (χ0) is 14.7. The van der Waals surface area contributed by atoms with E-state index in [1.807, 2.05) is 45.0 Å². The number of aryl methyl sites for hydroxylation is 1. The zero-order valence-electron chi connectivity index (χ0n) is 11.9. The third-order valence-corrected chi connectivity index (χ3v) is 4.01. The fourth-order valence-electron chi connectivity index (χ4n) is 1.88. The predicted molar refractivity (Wildman–Crippen MR) is 82.7 cm³/mol. The van der Waals surface area contributed by atoms with Crippen molar-refractivity contribution in [2.24, 2.45) is 5.73 Å². The number of hydrogen-bond donors (Lipinski definition) is 2. The van der Waals surface area contributed by atoms with Gasteiger partial charge in [0.1, 0.15) is 23.2 Å². The topological polar surface area (TPSA) is 72.0 Å². The van der Waals surface area contributed by atoms with Gasteiger partial charge in [-0.25, -0.2) is 4.98 Å². The number of para-hydroxylation sites is 1. The SMILES string of the molecule is Cc1ccccc1OCc1nc(C(C)C)c(C(=N)N)s1. The van der Waals surface area contributed by atoms with E-state index < -0.39 is 0 Å². The summed E-state index contributed by atoms with van der Waals surface area (Å²) in [7, 11) is 0. The second kappa shape index (κ2) is 6.05. The predicted octanol–water partition coefficient (Wildman–Crippen LogP) is 3.44. The largest absolute Gasteiger partial charge is 0.486 e. The summed E-state index contributed by atoms with van der Waals surface area (Å²) in [6.45, 7) is 6.52. The monoisotopic (exact) mass is 289 g/mol. The van der Waals surface area contributed by atoms with E-state index in [0.717, 1.165) is 26.9 Å². The van der Waals surface area contributed by atoms with Gasteiger partial charge in [0.2, 0.25) is 0 Å². The second-order valence-corrected chi connectivity index (χ2v) is 6.03. The maximum Gasteiger partial charge on any atom is 0.140 e. The van der Waals surface area contributed by atoms with Crippen molar-refractivity contribution < 1.29 is 4.74 Å². The summed E-state index contributed by atoms with van der Waals surface area (Å²) in [5.41, 5.74) is 7.59. The molecule has 0 spiro atoms. The molecule has 2 aromatic rings. The van der Waals surface area contributed by atoms with Gasteiger partial charge in [-0.15, -0.1) is 11.3 Å². The Morgan fingerprint density at radius 1 is 1.40 bits per heavy atom. The van der Waals surface area contributed by atoms with Gasteiger partial charge >= 0.3 is 0 Å². The van der Waals surface area contributed by atoms with Gasteiger partial charge in [0.05, 0.1) is 10.6 Å². The molecule has 20 heavy (non-hydrogen) atoms. The van der Waals surface area contributed by atoms with E-state index in [9.17, 15) is 0 Å². The number of amidine groups is 1. The van der Waals surface area contributed by atoms with Crippen molar-refractivity contribution in [1.29, 1.82) is 5.41 Å². The number of nitrogens with one attached hydrogen (secondary N) is 1. The highest BCUT2D eigenvalue weighted by Gasteiger charge is 2.16. The van der Waals surface area contributed by atoms with Crippen LogP contribution < -0.4 is 10.5 Å². The summed E-state index contributed by atoms with van der Waals surface area (Å²) < 4.78 is 5.79. The molecule has 5 heteroatoms. The summed E-state index contributed by atoms with van der Waals surface area (Å²) in [6, 6.07) is 7.89. The summed E-state index contributed by atoms with van der Waals surface area (Å²) in [4.78, 5) is 5.30. The van der Waals surface area contributed by atoms with Crippen molar-refractivity contribution in [3.63, 3.8) is 0 Å². The third-order valence-electron chi connectivity index (χ3n) is 2.93. The Labute approximate surface area is 123 Å². The van der Waals surface area contributed by atoms with Gasteiger partial charge < -0.3 is 10.5 Å². The van der Waals surface area contributed by atoms with Crippen LogP contribution in [-0.2, 0) is 6.61 Å². The van der Waals surface area contributed by atoms with Gasteiger partial charge in [0.25, 0.3) is 0 Å². The van der Waals surface area contributed by atoms with E-state index in [1.54, 1.807) is 0 Å². The average Bonchev–Trinajstić information content (AvgIpc) is 2.82. The average molecular weight is 289 g/mol. The van der Waals surface area contributed by atoms with Gasteiger partial charge in [0, 0.05) is 0 Å².